The van der Waals surface area contributed by atoms with Crippen molar-refractivity contribution in [3.05, 3.63) is 26.4 Å². The summed E-state index contributed by atoms with van der Waals surface area (Å²) < 4.78 is 4.59. The van der Waals surface area contributed by atoms with E-state index in [0.29, 0.717) is 0 Å². The average Bonchev–Trinajstić information content (AvgIpc) is 2.08. The molecule has 0 aromatic carbocycles. The molecule has 0 saturated carbocycles. The molecular formula is C8H10N2O5. The lowest BCUT2D eigenvalue weighted by molar-refractivity contribution is -0.140. The van der Waals surface area contributed by atoms with Gasteiger partial charge >= 0.3 is 11.7 Å². The fourth-order valence-corrected chi connectivity index (χ4v) is 1.03. The van der Waals surface area contributed by atoms with Gasteiger partial charge in [0, 0.05) is 13.3 Å². The van der Waals surface area contributed by atoms with Crippen LogP contribution in [-0.4, -0.2) is 27.7 Å². The molecule has 82 valence electrons. The van der Waals surface area contributed by atoms with E-state index in [2.05, 4.69) is 4.74 Å². The molecule has 1 aromatic heterocycles. The predicted octanol–water partition coefficient (Wildman–Crippen LogP) is -1.13. The Morgan fingerprint density at radius 3 is 2.60 bits per heavy atom. The summed E-state index contributed by atoms with van der Waals surface area (Å²) in [5, 5.41) is 9.22. The Hall–Kier alpha value is -2.05. The molecule has 0 amide bonds. The Balaban J connectivity index is 2.82. The summed E-state index contributed by atoms with van der Waals surface area (Å²) in [5.74, 6) is -0.980. The Kier molecular flexibility index (Phi) is 3.27. The van der Waals surface area contributed by atoms with Gasteiger partial charge in [-0.2, -0.15) is 0 Å². The fourth-order valence-electron chi connectivity index (χ4n) is 1.03. The van der Waals surface area contributed by atoms with Crippen molar-refractivity contribution in [1.82, 2.24) is 9.97 Å². The van der Waals surface area contributed by atoms with Crippen LogP contribution in [0, 0.1) is 0 Å². The van der Waals surface area contributed by atoms with Crippen molar-refractivity contribution < 1.29 is 14.6 Å². The molecule has 7 nitrogen and oxygen atoms in total. The summed E-state index contributed by atoms with van der Waals surface area (Å²) in [4.78, 5) is 36.3. The van der Waals surface area contributed by atoms with Crippen LogP contribution in [-0.2, 0) is 16.0 Å². The fraction of sp³-hybridized carbons (Fsp3) is 0.375. The second-order valence-corrected chi connectivity index (χ2v) is 2.83. The molecule has 1 aromatic rings. The largest absolute Gasteiger partial charge is 0.494 e. The molecule has 0 aliphatic heterocycles. The molecule has 0 atom stereocenters. The van der Waals surface area contributed by atoms with E-state index in [-0.39, 0.29) is 18.6 Å². The minimum atomic E-state index is -0.784. The highest BCUT2D eigenvalue weighted by Gasteiger charge is 2.08. The lowest BCUT2D eigenvalue weighted by atomic mass is 10.2. The first-order chi connectivity index (χ1) is 7.00. The van der Waals surface area contributed by atoms with Crippen LogP contribution in [0.25, 0.3) is 0 Å². The minimum Gasteiger partial charge on any atom is -0.494 e. The maximum absolute atomic E-state index is 11.2. The Labute approximate surface area is 83.7 Å². The molecule has 0 saturated heterocycles. The van der Waals surface area contributed by atoms with E-state index >= 15 is 0 Å². The molecule has 1 rings (SSSR count). The Morgan fingerprint density at radius 1 is 1.40 bits per heavy atom. The molecule has 0 aliphatic carbocycles. The summed E-state index contributed by atoms with van der Waals surface area (Å²) in [5.41, 5.74) is -1.49. The monoisotopic (exact) mass is 214 g/mol. The summed E-state index contributed by atoms with van der Waals surface area (Å²) in [6.07, 6.45) is 0.0392. The van der Waals surface area contributed by atoms with Crippen LogP contribution in [0.15, 0.2) is 9.59 Å². The molecule has 1 heterocycles. The van der Waals surface area contributed by atoms with Gasteiger partial charge in [-0.1, -0.05) is 0 Å². The standard InChI is InChI=1S/C8H10N2O5/c1-4(11)15-3-2-5-6(12)9-8(14)10-7(5)13/h2-3H2,1H3,(H3,9,10,12,13,14). The highest BCUT2D eigenvalue weighted by atomic mass is 16.5. The number of carbonyl (C=O) groups excluding carboxylic acids is 1. The number of hydrogen-bond acceptors (Lipinski definition) is 5. The zero-order valence-electron chi connectivity index (χ0n) is 7.99. The number of hydrogen-bond donors (Lipinski definition) is 3. The van der Waals surface area contributed by atoms with Crippen molar-refractivity contribution in [2.75, 3.05) is 6.61 Å². The van der Waals surface area contributed by atoms with Gasteiger partial charge in [0.25, 0.3) is 5.56 Å². The maximum atomic E-state index is 11.2. The second kappa shape index (κ2) is 4.45. The van der Waals surface area contributed by atoms with Crippen molar-refractivity contribution in [2.45, 2.75) is 13.3 Å². The van der Waals surface area contributed by atoms with Gasteiger partial charge in [0.2, 0.25) is 5.88 Å². The van der Waals surface area contributed by atoms with Crippen LogP contribution in [0.4, 0.5) is 0 Å². The van der Waals surface area contributed by atoms with Gasteiger partial charge in [0.15, 0.2) is 0 Å². The van der Waals surface area contributed by atoms with Crippen molar-refractivity contribution in [1.29, 1.82) is 0 Å². The van der Waals surface area contributed by atoms with Crippen LogP contribution >= 0.6 is 0 Å². The zero-order valence-corrected chi connectivity index (χ0v) is 7.99. The third kappa shape index (κ3) is 2.97. The molecule has 0 spiro atoms. The van der Waals surface area contributed by atoms with E-state index in [9.17, 15) is 19.5 Å². The molecule has 0 radical (unpaired) electrons. The van der Waals surface area contributed by atoms with E-state index in [0.717, 1.165) is 0 Å². The highest BCUT2D eigenvalue weighted by molar-refractivity contribution is 5.65. The van der Waals surface area contributed by atoms with Crippen LogP contribution in [0.5, 0.6) is 5.88 Å². The molecule has 3 N–H and O–H groups in total. The Morgan fingerprint density at radius 2 is 2.07 bits per heavy atom. The van der Waals surface area contributed by atoms with Gasteiger partial charge in [-0.25, -0.2) is 4.79 Å². The zero-order chi connectivity index (χ0) is 11.4. The third-order valence-corrected chi connectivity index (χ3v) is 1.68. The highest BCUT2D eigenvalue weighted by Crippen LogP contribution is 2.05. The number of aromatic amines is 2. The van der Waals surface area contributed by atoms with Gasteiger partial charge in [-0.3, -0.25) is 19.6 Å². The number of aromatic nitrogens is 2. The predicted molar refractivity (Wildman–Crippen MR) is 49.7 cm³/mol. The summed E-state index contributed by atoms with van der Waals surface area (Å²) in [6, 6.07) is 0. The normalized spacial score (nSPS) is 9.93. The average molecular weight is 214 g/mol. The topological polar surface area (TPSA) is 112 Å². The van der Waals surface area contributed by atoms with Gasteiger partial charge in [0.05, 0.1) is 12.2 Å². The van der Waals surface area contributed by atoms with Crippen LogP contribution in [0.3, 0.4) is 0 Å². The van der Waals surface area contributed by atoms with Gasteiger partial charge in [0.1, 0.15) is 0 Å². The lowest BCUT2D eigenvalue weighted by Crippen LogP contribution is -2.25. The number of rotatable bonds is 3. The SMILES string of the molecule is CC(=O)OCCc1c(O)[nH]c(=O)[nH]c1=O. The van der Waals surface area contributed by atoms with Crippen molar-refractivity contribution in [3.63, 3.8) is 0 Å². The van der Waals surface area contributed by atoms with E-state index in [1.54, 1.807) is 0 Å². The smallest absolute Gasteiger partial charge is 0.328 e. The first kappa shape index (κ1) is 11.0. The first-order valence-electron chi connectivity index (χ1n) is 4.18. The summed E-state index contributed by atoms with van der Waals surface area (Å²) >= 11 is 0. The molecular weight excluding hydrogens is 204 g/mol. The Bertz CT molecular complexity index is 473. The van der Waals surface area contributed by atoms with Crippen molar-refractivity contribution in [3.8, 4) is 5.88 Å². The number of esters is 1. The number of ether oxygens (including phenoxy) is 1. The second-order valence-electron chi connectivity index (χ2n) is 2.83. The van der Waals surface area contributed by atoms with E-state index < -0.39 is 23.1 Å². The number of carbonyl (C=O) groups is 1. The minimum absolute atomic E-state index is 0.0177. The lowest BCUT2D eigenvalue weighted by Gasteiger charge is -2.02. The molecule has 15 heavy (non-hydrogen) atoms. The van der Waals surface area contributed by atoms with E-state index in [1.165, 1.54) is 6.92 Å². The van der Waals surface area contributed by atoms with Gasteiger partial charge in [-0.15, -0.1) is 0 Å². The number of aromatic hydroxyl groups is 1. The van der Waals surface area contributed by atoms with E-state index in [1.807, 2.05) is 9.97 Å². The quantitative estimate of drug-likeness (QED) is 0.551. The summed E-state index contributed by atoms with van der Waals surface area (Å²) in [6.45, 7) is 1.20. The maximum Gasteiger partial charge on any atom is 0.328 e. The molecule has 7 heteroatoms. The molecule has 0 unspecified atom stereocenters. The molecule has 0 fully saturated rings. The number of nitrogens with one attached hydrogen (secondary N) is 2. The first-order valence-corrected chi connectivity index (χ1v) is 4.18. The van der Waals surface area contributed by atoms with Crippen LogP contribution < -0.4 is 11.2 Å². The third-order valence-electron chi connectivity index (χ3n) is 1.68. The molecule has 0 aliphatic rings. The van der Waals surface area contributed by atoms with Crippen LogP contribution in [0.1, 0.15) is 12.5 Å². The number of H-pyrrole nitrogens is 2. The summed E-state index contributed by atoms with van der Waals surface area (Å²) in [7, 11) is 0. The molecule has 0 bridgehead atoms. The van der Waals surface area contributed by atoms with Gasteiger partial charge < -0.3 is 9.84 Å². The van der Waals surface area contributed by atoms with Crippen molar-refractivity contribution in [2.24, 2.45) is 0 Å². The van der Waals surface area contributed by atoms with Gasteiger partial charge in [-0.05, 0) is 0 Å². The van der Waals surface area contributed by atoms with E-state index in [4.69, 9.17) is 0 Å². The van der Waals surface area contributed by atoms with Crippen LogP contribution in [0.2, 0.25) is 0 Å². The van der Waals surface area contributed by atoms with Crippen molar-refractivity contribution >= 4 is 5.97 Å².